The van der Waals surface area contributed by atoms with Crippen LogP contribution < -0.4 is 5.73 Å². The maximum atomic E-state index is 12.7. The first-order valence-corrected chi connectivity index (χ1v) is 8.56. The van der Waals surface area contributed by atoms with Crippen LogP contribution >= 0.6 is 0 Å². The Labute approximate surface area is 124 Å². The van der Waals surface area contributed by atoms with Gasteiger partial charge in [0.1, 0.15) is 0 Å². The zero-order valence-corrected chi connectivity index (χ0v) is 13.4. The second-order valence-electron chi connectivity index (χ2n) is 7.21. The average molecular weight is 280 g/mol. The minimum Gasteiger partial charge on any atom is -0.342 e. The lowest BCUT2D eigenvalue weighted by Gasteiger charge is -2.37. The van der Waals surface area contributed by atoms with Gasteiger partial charge >= 0.3 is 0 Å². The molecule has 2 aliphatic rings. The molecule has 0 unspecified atom stereocenters. The zero-order chi connectivity index (χ0) is 14.6. The number of carbonyl (C=O) groups excluding carboxylic acids is 1. The summed E-state index contributed by atoms with van der Waals surface area (Å²) >= 11 is 0. The highest BCUT2D eigenvalue weighted by molar-refractivity contribution is 5.77. The predicted molar refractivity (Wildman–Crippen MR) is 83.4 cm³/mol. The monoisotopic (exact) mass is 280 g/mol. The molecule has 0 aromatic carbocycles. The third-order valence-corrected chi connectivity index (χ3v) is 6.16. The number of amides is 1. The summed E-state index contributed by atoms with van der Waals surface area (Å²) in [7, 11) is 0. The molecule has 1 heterocycles. The Bertz CT molecular complexity index is 330. The van der Waals surface area contributed by atoms with Crippen LogP contribution in [0.5, 0.6) is 0 Å². The lowest BCUT2D eigenvalue weighted by atomic mass is 9.71. The molecule has 0 radical (unpaired) electrons. The van der Waals surface area contributed by atoms with Crippen molar-refractivity contribution >= 4 is 5.91 Å². The number of likely N-dealkylation sites (tertiary alicyclic amines) is 1. The van der Waals surface area contributed by atoms with E-state index in [0.29, 0.717) is 24.3 Å². The lowest BCUT2D eigenvalue weighted by Crippen LogP contribution is -2.40. The van der Waals surface area contributed by atoms with E-state index in [9.17, 15) is 4.79 Å². The van der Waals surface area contributed by atoms with Crippen LogP contribution in [0.1, 0.15) is 71.6 Å². The smallest absolute Gasteiger partial charge is 0.223 e. The molecule has 2 rings (SSSR count). The van der Waals surface area contributed by atoms with Crippen LogP contribution in [0.15, 0.2) is 0 Å². The van der Waals surface area contributed by atoms with Gasteiger partial charge in [0.05, 0.1) is 0 Å². The maximum absolute atomic E-state index is 12.7. The van der Waals surface area contributed by atoms with Gasteiger partial charge in [0.15, 0.2) is 0 Å². The molecule has 116 valence electrons. The van der Waals surface area contributed by atoms with Crippen molar-refractivity contribution in [2.45, 2.75) is 71.6 Å². The fourth-order valence-corrected chi connectivity index (χ4v) is 4.16. The minimum absolute atomic E-state index is 0.110. The van der Waals surface area contributed by atoms with Gasteiger partial charge in [0, 0.05) is 19.5 Å². The number of rotatable bonds is 5. The molecule has 0 atom stereocenters. The van der Waals surface area contributed by atoms with Gasteiger partial charge in [-0.3, -0.25) is 4.79 Å². The molecule has 1 aliphatic heterocycles. The third-order valence-electron chi connectivity index (χ3n) is 6.16. The summed E-state index contributed by atoms with van der Waals surface area (Å²) in [5, 5.41) is 0. The van der Waals surface area contributed by atoms with E-state index in [4.69, 9.17) is 5.73 Å². The molecule has 1 aliphatic carbocycles. The number of nitrogens with two attached hydrogens (primary N) is 1. The van der Waals surface area contributed by atoms with Gasteiger partial charge in [0.2, 0.25) is 5.91 Å². The topological polar surface area (TPSA) is 46.3 Å². The van der Waals surface area contributed by atoms with Crippen molar-refractivity contribution in [1.82, 2.24) is 4.90 Å². The van der Waals surface area contributed by atoms with Gasteiger partial charge in [-0.15, -0.1) is 0 Å². The Balaban J connectivity index is 1.95. The van der Waals surface area contributed by atoms with E-state index >= 15 is 0 Å². The van der Waals surface area contributed by atoms with Crippen LogP contribution in [0.3, 0.4) is 0 Å². The standard InChI is InChI=1S/C17H32N2O/c1-3-16(4-2)10-11-19(14-16)15(20)12-17(13-18)8-6-5-7-9-17/h3-14,18H2,1-2H3. The summed E-state index contributed by atoms with van der Waals surface area (Å²) < 4.78 is 0. The number of hydrogen-bond donors (Lipinski definition) is 1. The highest BCUT2D eigenvalue weighted by Gasteiger charge is 2.40. The minimum atomic E-state index is 0.110. The third kappa shape index (κ3) is 3.19. The molecule has 0 aromatic heterocycles. The molecule has 1 amide bonds. The molecule has 2 fully saturated rings. The van der Waals surface area contributed by atoms with E-state index in [1.807, 2.05) is 0 Å². The molecule has 3 heteroatoms. The molecule has 1 saturated carbocycles. The maximum Gasteiger partial charge on any atom is 0.223 e. The van der Waals surface area contributed by atoms with Crippen LogP contribution in [-0.2, 0) is 4.79 Å². The zero-order valence-electron chi connectivity index (χ0n) is 13.4. The summed E-state index contributed by atoms with van der Waals surface area (Å²) in [5.74, 6) is 0.362. The first kappa shape index (κ1) is 15.8. The largest absolute Gasteiger partial charge is 0.342 e. The van der Waals surface area contributed by atoms with Crippen molar-refractivity contribution in [3.05, 3.63) is 0 Å². The first-order valence-electron chi connectivity index (χ1n) is 8.56. The SMILES string of the molecule is CCC1(CC)CCN(C(=O)CC2(CN)CCCCC2)C1. The van der Waals surface area contributed by atoms with Crippen LogP contribution in [-0.4, -0.2) is 30.4 Å². The van der Waals surface area contributed by atoms with Crippen molar-refractivity contribution in [1.29, 1.82) is 0 Å². The van der Waals surface area contributed by atoms with Crippen LogP contribution in [0.25, 0.3) is 0 Å². The van der Waals surface area contributed by atoms with Crippen LogP contribution in [0.2, 0.25) is 0 Å². The van der Waals surface area contributed by atoms with E-state index in [-0.39, 0.29) is 5.41 Å². The molecular weight excluding hydrogens is 248 g/mol. The fourth-order valence-electron chi connectivity index (χ4n) is 4.16. The van der Waals surface area contributed by atoms with Crippen molar-refractivity contribution < 1.29 is 4.79 Å². The molecule has 0 aromatic rings. The van der Waals surface area contributed by atoms with Crippen molar-refractivity contribution in [3.8, 4) is 0 Å². The Hall–Kier alpha value is -0.570. The van der Waals surface area contributed by atoms with Gasteiger partial charge in [-0.2, -0.15) is 0 Å². The van der Waals surface area contributed by atoms with E-state index in [2.05, 4.69) is 18.7 Å². The van der Waals surface area contributed by atoms with E-state index in [1.54, 1.807) is 0 Å². The van der Waals surface area contributed by atoms with E-state index in [1.165, 1.54) is 38.5 Å². The summed E-state index contributed by atoms with van der Waals surface area (Å²) in [4.78, 5) is 14.8. The number of carbonyl (C=O) groups is 1. The summed E-state index contributed by atoms with van der Waals surface area (Å²) in [6, 6.07) is 0. The summed E-state index contributed by atoms with van der Waals surface area (Å²) in [5.41, 5.74) is 6.52. The van der Waals surface area contributed by atoms with Crippen molar-refractivity contribution in [2.24, 2.45) is 16.6 Å². The van der Waals surface area contributed by atoms with Crippen LogP contribution in [0.4, 0.5) is 0 Å². The first-order chi connectivity index (χ1) is 9.59. The summed E-state index contributed by atoms with van der Waals surface area (Å²) in [6.45, 7) is 7.14. The Morgan fingerprint density at radius 3 is 2.20 bits per heavy atom. The fraction of sp³-hybridized carbons (Fsp3) is 0.941. The lowest BCUT2D eigenvalue weighted by molar-refractivity contribution is -0.133. The second kappa shape index (κ2) is 6.46. The molecule has 1 saturated heterocycles. The van der Waals surface area contributed by atoms with Gasteiger partial charge in [0.25, 0.3) is 0 Å². The number of nitrogens with zero attached hydrogens (tertiary/aromatic N) is 1. The highest BCUT2D eigenvalue weighted by Crippen LogP contribution is 2.41. The molecule has 0 spiro atoms. The van der Waals surface area contributed by atoms with Crippen LogP contribution in [0, 0.1) is 10.8 Å². The van der Waals surface area contributed by atoms with E-state index < -0.39 is 0 Å². The molecule has 3 nitrogen and oxygen atoms in total. The van der Waals surface area contributed by atoms with Gasteiger partial charge in [-0.1, -0.05) is 33.1 Å². The Morgan fingerprint density at radius 1 is 1.05 bits per heavy atom. The Kier molecular flexibility index (Phi) is 5.11. The molecule has 20 heavy (non-hydrogen) atoms. The second-order valence-corrected chi connectivity index (χ2v) is 7.21. The molecule has 2 N–H and O–H groups in total. The van der Waals surface area contributed by atoms with Gasteiger partial charge < -0.3 is 10.6 Å². The summed E-state index contributed by atoms with van der Waals surface area (Å²) in [6.07, 6.45) is 10.4. The van der Waals surface area contributed by atoms with E-state index in [0.717, 1.165) is 25.9 Å². The molecule has 0 bridgehead atoms. The highest BCUT2D eigenvalue weighted by atomic mass is 16.2. The predicted octanol–water partition coefficient (Wildman–Crippen LogP) is 3.32. The average Bonchev–Trinajstić information content (AvgIpc) is 2.93. The van der Waals surface area contributed by atoms with Gasteiger partial charge in [-0.25, -0.2) is 0 Å². The normalized spacial score (nSPS) is 24.9. The number of hydrogen-bond acceptors (Lipinski definition) is 2. The quantitative estimate of drug-likeness (QED) is 0.839. The van der Waals surface area contributed by atoms with Crippen molar-refractivity contribution in [3.63, 3.8) is 0 Å². The van der Waals surface area contributed by atoms with Gasteiger partial charge in [-0.05, 0) is 49.5 Å². The molecular formula is C17H32N2O. The van der Waals surface area contributed by atoms with Crippen molar-refractivity contribution in [2.75, 3.05) is 19.6 Å². The Morgan fingerprint density at radius 2 is 1.70 bits per heavy atom.